The maximum absolute atomic E-state index is 12.1. The Balaban J connectivity index is 2.45. The Hall–Kier alpha value is -2.80. The van der Waals surface area contributed by atoms with Crippen LogP contribution in [0.5, 0.6) is 0 Å². The van der Waals surface area contributed by atoms with Crippen LogP contribution in [0.3, 0.4) is 0 Å². The molecule has 0 aliphatic rings. The van der Waals surface area contributed by atoms with Crippen molar-refractivity contribution in [2.24, 2.45) is 0 Å². The highest BCUT2D eigenvalue weighted by Gasteiger charge is 2.02. The average molecular weight is 279 g/mol. The number of fused-ring (bicyclic) bond motifs is 1. The number of hydrogen-bond acceptors (Lipinski definition) is 3. The van der Waals surface area contributed by atoms with Crippen LogP contribution in [-0.4, -0.2) is 19.1 Å². The van der Waals surface area contributed by atoms with Crippen molar-refractivity contribution in [1.82, 2.24) is 4.98 Å². The molecule has 0 aliphatic heterocycles. The number of H-pyrrole nitrogens is 1. The van der Waals surface area contributed by atoms with Gasteiger partial charge in [-0.25, -0.2) is 0 Å². The number of benzene rings is 1. The van der Waals surface area contributed by atoms with E-state index in [-0.39, 0.29) is 5.56 Å². The Kier molecular flexibility index (Phi) is 4.24. The number of nitriles is 1. The average Bonchev–Trinajstić information content (AvgIpc) is 2.46. The van der Waals surface area contributed by atoms with Gasteiger partial charge in [0.2, 0.25) is 0 Å². The van der Waals surface area contributed by atoms with E-state index in [0.717, 1.165) is 16.6 Å². The summed E-state index contributed by atoms with van der Waals surface area (Å²) in [5, 5.41) is 9.65. The molecule has 0 atom stereocenters. The highest BCUT2D eigenvalue weighted by atomic mass is 16.1. The molecule has 0 fully saturated rings. The lowest BCUT2D eigenvalue weighted by Gasteiger charge is -2.12. The molecule has 21 heavy (non-hydrogen) atoms. The minimum Gasteiger partial charge on any atom is -0.378 e. The molecule has 0 aliphatic carbocycles. The van der Waals surface area contributed by atoms with Gasteiger partial charge in [0.25, 0.3) is 5.56 Å². The SMILES string of the molecule is C/C(C#N)=C/C=C/c1cc2ccc(N(C)C)cc2[nH]c1=O. The third kappa shape index (κ3) is 3.40. The molecule has 0 amide bonds. The molecule has 0 bridgehead atoms. The number of allylic oxidation sites excluding steroid dienone is 3. The molecule has 2 aromatic rings. The highest BCUT2D eigenvalue weighted by molar-refractivity contribution is 5.84. The van der Waals surface area contributed by atoms with Crippen LogP contribution >= 0.6 is 0 Å². The number of hydrogen-bond donors (Lipinski definition) is 1. The minimum absolute atomic E-state index is 0.141. The van der Waals surface area contributed by atoms with Crippen molar-refractivity contribution in [2.45, 2.75) is 6.92 Å². The Labute approximate surface area is 123 Å². The normalized spacial score (nSPS) is 11.8. The quantitative estimate of drug-likeness (QED) is 0.694. The summed E-state index contributed by atoms with van der Waals surface area (Å²) in [6.45, 7) is 1.72. The van der Waals surface area contributed by atoms with Crippen LogP contribution in [-0.2, 0) is 0 Å². The first-order valence-corrected chi connectivity index (χ1v) is 6.61. The second kappa shape index (κ2) is 6.10. The fourth-order valence-electron chi connectivity index (χ4n) is 1.94. The van der Waals surface area contributed by atoms with Crippen LogP contribution in [0.4, 0.5) is 5.69 Å². The van der Waals surface area contributed by atoms with Crippen molar-refractivity contribution in [2.75, 3.05) is 19.0 Å². The van der Waals surface area contributed by atoms with E-state index < -0.39 is 0 Å². The Morgan fingerprint density at radius 1 is 1.33 bits per heavy atom. The zero-order chi connectivity index (χ0) is 15.4. The monoisotopic (exact) mass is 279 g/mol. The summed E-state index contributed by atoms with van der Waals surface area (Å²) >= 11 is 0. The van der Waals surface area contributed by atoms with Crippen molar-refractivity contribution in [3.05, 3.63) is 57.9 Å². The largest absolute Gasteiger partial charge is 0.378 e. The zero-order valence-electron chi connectivity index (χ0n) is 12.3. The molecule has 0 spiro atoms. The molecule has 1 aromatic heterocycles. The maximum atomic E-state index is 12.1. The van der Waals surface area contributed by atoms with Crippen LogP contribution in [0.25, 0.3) is 17.0 Å². The lowest BCUT2D eigenvalue weighted by molar-refractivity contribution is 1.13. The molecule has 0 radical (unpaired) electrons. The second-order valence-electron chi connectivity index (χ2n) is 5.04. The Bertz CT molecular complexity index is 820. The number of nitrogens with zero attached hydrogens (tertiary/aromatic N) is 2. The lowest BCUT2D eigenvalue weighted by Crippen LogP contribution is -2.11. The van der Waals surface area contributed by atoms with Crippen molar-refractivity contribution >= 4 is 22.7 Å². The number of pyridine rings is 1. The number of anilines is 1. The van der Waals surface area contributed by atoms with Crippen LogP contribution < -0.4 is 10.5 Å². The van der Waals surface area contributed by atoms with Crippen molar-refractivity contribution < 1.29 is 0 Å². The van der Waals surface area contributed by atoms with Gasteiger partial charge in [0.1, 0.15) is 0 Å². The van der Waals surface area contributed by atoms with E-state index in [1.807, 2.05) is 49.3 Å². The smallest absolute Gasteiger partial charge is 0.255 e. The number of nitrogens with one attached hydrogen (secondary N) is 1. The molecule has 4 nitrogen and oxygen atoms in total. The standard InChI is InChI=1S/C17H17N3O/c1-12(11-18)5-4-6-14-9-13-7-8-15(20(2)3)10-16(13)19-17(14)21/h4-10H,1-3H3,(H,19,21)/b6-4+,12-5-. The Morgan fingerprint density at radius 2 is 2.10 bits per heavy atom. The number of aromatic nitrogens is 1. The minimum atomic E-state index is -0.141. The van der Waals surface area contributed by atoms with E-state index in [0.29, 0.717) is 11.1 Å². The molecule has 1 aromatic carbocycles. The first-order valence-electron chi connectivity index (χ1n) is 6.61. The zero-order valence-corrected chi connectivity index (χ0v) is 12.3. The predicted octanol–water partition coefficient (Wildman–Crippen LogP) is 3.08. The highest BCUT2D eigenvalue weighted by Crippen LogP contribution is 2.19. The van der Waals surface area contributed by atoms with Crippen molar-refractivity contribution in [3.8, 4) is 6.07 Å². The summed E-state index contributed by atoms with van der Waals surface area (Å²) in [6, 6.07) is 9.82. The molecule has 4 heteroatoms. The van der Waals surface area contributed by atoms with Gasteiger partial charge in [-0.1, -0.05) is 12.1 Å². The second-order valence-corrected chi connectivity index (χ2v) is 5.04. The summed E-state index contributed by atoms with van der Waals surface area (Å²) < 4.78 is 0. The summed E-state index contributed by atoms with van der Waals surface area (Å²) in [4.78, 5) is 16.9. The van der Waals surface area contributed by atoms with Crippen molar-refractivity contribution in [3.63, 3.8) is 0 Å². The molecule has 2 rings (SSSR count). The van der Waals surface area contributed by atoms with Crippen LogP contribution in [0.1, 0.15) is 12.5 Å². The summed E-state index contributed by atoms with van der Waals surface area (Å²) in [7, 11) is 3.92. The van der Waals surface area contributed by atoms with E-state index in [1.54, 1.807) is 25.2 Å². The first-order chi connectivity index (χ1) is 10.0. The summed E-state index contributed by atoms with van der Waals surface area (Å²) in [5.41, 5.74) is 2.87. The first kappa shape index (κ1) is 14.6. The molecule has 1 N–H and O–H groups in total. The molecule has 0 saturated heterocycles. The van der Waals surface area contributed by atoms with E-state index >= 15 is 0 Å². The van der Waals surface area contributed by atoms with E-state index in [1.165, 1.54) is 0 Å². The molecule has 1 heterocycles. The number of rotatable bonds is 3. The molecular weight excluding hydrogens is 262 g/mol. The third-order valence-corrected chi connectivity index (χ3v) is 3.17. The van der Waals surface area contributed by atoms with E-state index in [4.69, 9.17) is 5.26 Å². The van der Waals surface area contributed by atoms with Crippen LogP contribution in [0.15, 0.2) is 46.8 Å². The molecule has 106 valence electrons. The van der Waals surface area contributed by atoms with E-state index in [2.05, 4.69) is 4.98 Å². The fraction of sp³-hybridized carbons (Fsp3) is 0.176. The lowest BCUT2D eigenvalue weighted by atomic mass is 10.1. The van der Waals surface area contributed by atoms with Gasteiger partial charge in [-0.05, 0) is 42.7 Å². The molecule has 0 unspecified atom stereocenters. The van der Waals surface area contributed by atoms with Gasteiger partial charge in [0, 0.05) is 30.9 Å². The number of aromatic amines is 1. The van der Waals surface area contributed by atoms with Gasteiger partial charge in [0.05, 0.1) is 11.6 Å². The van der Waals surface area contributed by atoms with Gasteiger partial charge in [0.15, 0.2) is 0 Å². The van der Waals surface area contributed by atoms with Gasteiger partial charge in [-0.15, -0.1) is 0 Å². The van der Waals surface area contributed by atoms with Crippen LogP contribution in [0.2, 0.25) is 0 Å². The summed E-state index contributed by atoms with van der Waals surface area (Å²) in [5.74, 6) is 0. The van der Waals surface area contributed by atoms with Crippen LogP contribution in [0, 0.1) is 11.3 Å². The predicted molar refractivity (Wildman–Crippen MR) is 87.3 cm³/mol. The van der Waals surface area contributed by atoms with Gasteiger partial charge in [-0.2, -0.15) is 5.26 Å². The van der Waals surface area contributed by atoms with Gasteiger partial charge in [-0.3, -0.25) is 4.79 Å². The fourth-order valence-corrected chi connectivity index (χ4v) is 1.94. The third-order valence-electron chi connectivity index (χ3n) is 3.17. The summed E-state index contributed by atoms with van der Waals surface area (Å²) in [6.07, 6.45) is 5.10. The Morgan fingerprint density at radius 3 is 2.76 bits per heavy atom. The van der Waals surface area contributed by atoms with E-state index in [9.17, 15) is 4.79 Å². The molecular formula is C17H17N3O. The maximum Gasteiger partial charge on any atom is 0.255 e. The topological polar surface area (TPSA) is 59.9 Å². The molecule has 0 saturated carbocycles. The van der Waals surface area contributed by atoms with Gasteiger partial charge < -0.3 is 9.88 Å². The van der Waals surface area contributed by atoms with Gasteiger partial charge >= 0.3 is 0 Å². The van der Waals surface area contributed by atoms with Crippen molar-refractivity contribution in [1.29, 1.82) is 5.26 Å².